The molecule has 0 amide bonds. The van der Waals surface area contributed by atoms with Crippen molar-refractivity contribution in [3.8, 4) is 5.75 Å². The van der Waals surface area contributed by atoms with Crippen LogP contribution >= 0.6 is 0 Å². The quantitative estimate of drug-likeness (QED) is 0.880. The van der Waals surface area contributed by atoms with Crippen LogP contribution in [-0.2, 0) is 6.54 Å². The molecular formula is C19H22F2N2O. The van der Waals surface area contributed by atoms with Crippen molar-refractivity contribution in [3.63, 3.8) is 0 Å². The summed E-state index contributed by atoms with van der Waals surface area (Å²) in [4.78, 5) is 2.33. The SMILES string of the molecule is NC[C@@H]1CN(Cc2cccc(OC(F)F)c2)C[C@H]1c1ccccc1. The maximum Gasteiger partial charge on any atom is 0.387 e. The summed E-state index contributed by atoms with van der Waals surface area (Å²) in [7, 11) is 0. The minimum absolute atomic E-state index is 0.205. The molecular weight excluding hydrogens is 310 g/mol. The fraction of sp³-hybridized carbons (Fsp3) is 0.368. The summed E-state index contributed by atoms with van der Waals surface area (Å²) in [6.45, 7) is 0.392. The third-order valence-corrected chi connectivity index (χ3v) is 4.58. The first-order chi connectivity index (χ1) is 11.7. The van der Waals surface area contributed by atoms with Crippen molar-refractivity contribution in [2.24, 2.45) is 11.7 Å². The van der Waals surface area contributed by atoms with Gasteiger partial charge in [-0.1, -0.05) is 42.5 Å². The van der Waals surface area contributed by atoms with Crippen molar-refractivity contribution in [2.75, 3.05) is 19.6 Å². The highest BCUT2D eigenvalue weighted by Crippen LogP contribution is 2.33. The molecule has 0 aliphatic carbocycles. The molecule has 1 aliphatic rings. The van der Waals surface area contributed by atoms with Gasteiger partial charge in [0.25, 0.3) is 0 Å². The van der Waals surface area contributed by atoms with E-state index in [1.807, 2.05) is 12.1 Å². The highest BCUT2D eigenvalue weighted by molar-refractivity contribution is 5.29. The number of ether oxygens (including phenoxy) is 1. The first-order valence-corrected chi connectivity index (χ1v) is 8.17. The van der Waals surface area contributed by atoms with Gasteiger partial charge in [0.05, 0.1) is 0 Å². The van der Waals surface area contributed by atoms with Gasteiger partial charge in [0.1, 0.15) is 5.75 Å². The molecule has 2 N–H and O–H groups in total. The second-order valence-corrected chi connectivity index (χ2v) is 6.23. The van der Waals surface area contributed by atoms with Gasteiger partial charge in [-0.05, 0) is 35.7 Å². The molecule has 0 radical (unpaired) electrons. The summed E-state index contributed by atoms with van der Waals surface area (Å²) in [5.41, 5.74) is 8.25. The van der Waals surface area contributed by atoms with Crippen molar-refractivity contribution >= 4 is 0 Å². The Morgan fingerprint density at radius 1 is 1.08 bits per heavy atom. The number of rotatable bonds is 6. The second-order valence-electron chi connectivity index (χ2n) is 6.23. The number of alkyl halides is 2. The largest absolute Gasteiger partial charge is 0.435 e. The lowest BCUT2D eigenvalue weighted by atomic mass is 9.89. The molecule has 1 fully saturated rings. The normalized spacial score (nSPS) is 21.3. The zero-order valence-corrected chi connectivity index (χ0v) is 13.4. The molecule has 3 nitrogen and oxygen atoms in total. The van der Waals surface area contributed by atoms with E-state index in [-0.39, 0.29) is 5.75 Å². The Kier molecular flexibility index (Phi) is 5.43. The Labute approximate surface area is 141 Å². The fourth-order valence-electron chi connectivity index (χ4n) is 3.48. The third kappa shape index (κ3) is 4.10. The van der Waals surface area contributed by atoms with Crippen molar-refractivity contribution < 1.29 is 13.5 Å². The molecule has 0 saturated carbocycles. The van der Waals surface area contributed by atoms with Crippen molar-refractivity contribution in [2.45, 2.75) is 19.1 Å². The van der Waals surface area contributed by atoms with E-state index in [9.17, 15) is 8.78 Å². The van der Waals surface area contributed by atoms with Crippen LogP contribution in [-0.4, -0.2) is 31.1 Å². The van der Waals surface area contributed by atoms with Gasteiger partial charge in [-0.15, -0.1) is 0 Å². The van der Waals surface area contributed by atoms with Gasteiger partial charge in [0.15, 0.2) is 0 Å². The summed E-state index contributed by atoms with van der Waals surface area (Å²) in [5, 5.41) is 0. The number of nitrogens with two attached hydrogens (primary N) is 1. The van der Waals surface area contributed by atoms with E-state index in [0.29, 0.717) is 24.9 Å². The van der Waals surface area contributed by atoms with E-state index in [0.717, 1.165) is 18.7 Å². The lowest BCUT2D eigenvalue weighted by Gasteiger charge is -2.17. The number of nitrogens with zero attached hydrogens (tertiary/aromatic N) is 1. The highest BCUT2D eigenvalue weighted by atomic mass is 19.3. The molecule has 1 saturated heterocycles. The van der Waals surface area contributed by atoms with Gasteiger partial charge in [-0.2, -0.15) is 8.78 Å². The van der Waals surface area contributed by atoms with E-state index >= 15 is 0 Å². The van der Waals surface area contributed by atoms with Crippen LogP contribution in [0.3, 0.4) is 0 Å². The lowest BCUT2D eigenvalue weighted by Crippen LogP contribution is -2.23. The van der Waals surface area contributed by atoms with Gasteiger partial charge in [-0.3, -0.25) is 4.90 Å². The standard InChI is InChI=1S/C19H22F2N2O/c20-19(21)24-17-8-4-5-14(9-17)11-23-12-16(10-22)18(13-23)15-6-2-1-3-7-15/h1-9,16,18-19H,10-13,22H2/t16-,18+/m1/s1. The van der Waals surface area contributed by atoms with Gasteiger partial charge in [0.2, 0.25) is 0 Å². The van der Waals surface area contributed by atoms with Crippen LogP contribution in [0.15, 0.2) is 54.6 Å². The fourth-order valence-corrected chi connectivity index (χ4v) is 3.48. The second kappa shape index (κ2) is 7.73. The number of likely N-dealkylation sites (tertiary alicyclic amines) is 1. The smallest absolute Gasteiger partial charge is 0.387 e. The summed E-state index contributed by atoms with van der Waals surface area (Å²) in [6, 6.07) is 17.3. The zero-order chi connectivity index (χ0) is 16.9. The average molecular weight is 332 g/mol. The van der Waals surface area contributed by atoms with Crippen molar-refractivity contribution in [1.29, 1.82) is 0 Å². The molecule has 1 aliphatic heterocycles. The third-order valence-electron chi connectivity index (χ3n) is 4.58. The first kappa shape index (κ1) is 16.9. The average Bonchev–Trinajstić information content (AvgIpc) is 2.98. The molecule has 2 aromatic rings. The van der Waals surface area contributed by atoms with E-state index < -0.39 is 6.61 Å². The topological polar surface area (TPSA) is 38.5 Å². The summed E-state index contributed by atoms with van der Waals surface area (Å²) in [6.07, 6.45) is 0. The monoisotopic (exact) mass is 332 g/mol. The predicted molar refractivity (Wildman–Crippen MR) is 90.1 cm³/mol. The van der Waals surface area contributed by atoms with Crippen molar-refractivity contribution in [3.05, 3.63) is 65.7 Å². The molecule has 2 aromatic carbocycles. The Balaban J connectivity index is 1.68. The van der Waals surface area contributed by atoms with Gasteiger partial charge >= 0.3 is 6.61 Å². The maximum atomic E-state index is 12.3. The molecule has 0 spiro atoms. The molecule has 24 heavy (non-hydrogen) atoms. The van der Waals surface area contributed by atoms with Crippen LogP contribution in [0.2, 0.25) is 0 Å². The predicted octanol–water partition coefficient (Wildman–Crippen LogP) is 3.46. The van der Waals surface area contributed by atoms with Gasteiger partial charge in [-0.25, -0.2) is 0 Å². The Hall–Kier alpha value is -1.98. The van der Waals surface area contributed by atoms with Crippen LogP contribution in [0.5, 0.6) is 5.75 Å². The Bertz CT molecular complexity index is 651. The maximum absolute atomic E-state index is 12.3. The molecule has 0 unspecified atom stereocenters. The van der Waals surface area contributed by atoms with E-state index in [2.05, 4.69) is 33.9 Å². The van der Waals surface area contributed by atoms with E-state index in [4.69, 9.17) is 5.73 Å². The first-order valence-electron chi connectivity index (χ1n) is 8.17. The van der Waals surface area contributed by atoms with Crippen LogP contribution in [0.25, 0.3) is 0 Å². The lowest BCUT2D eigenvalue weighted by molar-refractivity contribution is -0.0499. The van der Waals surface area contributed by atoms with Crippen LogP contribution < -0.4 is 10.5 Å². The summed E-state index contributed by atoms with van der Waals surface area (Å²) in [5.74, 6) is 1.03. The molecule has 2 atom stereocenters. The summed E-state index contributed by atoms with van der Waals surface area (Å²) >= 11 is 0. The minimum Gasteiger partial charge on any atom is -0.435 e. The summed E-state index contributed by atoms with van der Waals surface area (Å²) < 4.78 is 29.2. The molecule has 128 valence electrons. The molecule has 1 heterocycles. The van der Waals surface area contributed by atoms with Gasteiger partial charge in [0, 0.05) is 25.6 Å². The Morgan fingerprint density at radius 3 is 2.58 bits per heavy atom. The molecule has 3 rings (SSSR count). The molecule has 5 heteroatoms. The zero-order valence-electron chi connectivity index (χ0n) is 13.4. The number of halogens is 2. The highest BCUT2D eigenvalue weighted by Gasteiger charge is 2.32. The van der Waals surface area contributed by atoms with E-state index in [1.165, 1.54) is 5.56 Å². The Morgan fingerprint density at radius 2 is 1.88 bits per heavy atom. The number of benzene rings is 2. The van der Waals surface area contributed by atoms with Gasteiger partial charge < -0.3 is 10.5 Å². The van der Waals surface area contributed by atoms with Crippen LogP contribution in [0, 0.1) is 5.92 Å². The molecule has 0 bridgehead atoms. The van der Waals surface area contributed by atoms with E-state index in [1.54, 1.807) is 18.2 Å². The van der Waals surface area contributed by atoms with Crippen LogP contribution in [0.1, 0.15) is 17.0 Å². The number of hydrogen-bond donors (Lipinski definition) is 1. The van der Waals surface area contributed by atoms with Crippen molar-refractivity contribution in [1.82, 2.24) is 4.90 Å². The minimum atomic E-state index is -2.80. The molecule has 0 aromatic heterocycles. The van der Waals surface area contributed by atoms with Crippen LogP contribution in [0.4, 0.5) is 8.78 Å². The number of hydrogen-bond acceptors (Lipinski definition) is 3.